The Morgan fingerprint density at radius 1 is 1.08 bits per heavy atom. The van der Waals surface area contributed by atoms with E-state index in [1.54, 1.807) is 23.7 Å². The van der Waals surface area contributed by atoms with E-state index in [0.717, 1.165) is 27.3 Å². The second-order valence-electron chi connectivity index (χ2n) is 8.79. The van der Waals surface area contributed by atoms with Crippen molar-refractivity contribution in [1.82, 2.24) is 14.8 Å². The number of carbonyl (C=O) groups excluding carboxylic acids is 1. The van der Waals surface area contributed by atoms with E-state index in [2.05, 4.69) is 15.3 Å². The average Bonchev–Trinajstić information content (AvgIpc) is 3.49. The summed E-state index contributed by atoms with van der Waals surface area (Å²) in [5.41, 5.74) is 4.46. The van der Waals surface area contributed by atoms with Crippen molar-refractivity contribution < 1.29 is 4.79 Å². The highest BCUT2D eigenvalue weighted by Crippen LogP contribution is 2.30. The van der Waals surface area contributed by atoms with Crippen molar-refractivity contribution in [1.29, 1.82) is 5.26 Å². The Kier molecular flexibility index (Phi) is 7.24. The van der Waals surface area contributed by atoms with Gasteiger partial charge in [0.15, 0.2) is 0 Å². The first kappa shape index (κ1) is 24.2. The Bertz CT molecular complexity index is 1440. The van der Waals surface area contributed by atoms with Gasteiger partial charge in [0.05, 0.1) is 11.6 Å². The highest BCUT2D eigenvalue weighted by molar-refractivity contribution is 7.13. The summed E-state index contributed by atoms with van der Waals surface area (Å²) < 4.78 is 0. The van der Waals surface area contributed by atoms with Gasteiger partial charge in [0.1, 0.15) is 0 Å². The molecule has 1 fully saturated rings. The van der Waals surface area contributed by atoms with Crippen molar-refractivity contribution in [2.45, 2.75) is 13.0 Å². The maximum atomic E-state index is 13.8. The number of aryl methyl sites for hydroxylation is 1. The number of anilines is 1. The van der Waals surface area contributed by atoms with Crippen LogP contribution in [-0.4, -0.2) is 46.3 Å². The molecule has 1 amide bonds. The number of nitriles is 1. The number of hydrogen-bond donors (Lipinski definition) is 1. The maximum absolute atomic E-state index is 13.8. The Morgan fingerprint density at radius 2 is 1.89 bits per heavy atom. The highest BCUT2D eigenvalue weighted by atomic mass is 32.1. The first-order valence-corrected chi connectivity index (χ1v) is 12.9. The molecule has 5 rings (SSSR count). The number of guanidine groups is 1. The molecule has 0 spiro atoms. The second kappa shape index (κ2) is 11.1. The van der Waals surface area contributed by atoms with Gasteiger partial charge in [-0.25, -0.2) is 0 Å². The fraction of sp³-hybridized carbons (Fsp3) is 0.172. The predicted molar refractivity (Wildman–Crippen MR) is 147 cm³/mol. The molecule has 2 aromatic heterocycles. The molecule has 8 heteroatoms. The molecule has 2 aromatic carbocycles. The third-order valence-electron chi connectivity index (χ3n) is 6.46. The zero-order chi connectivity index (χ0) is 25.6. The van der Waals surface area contributed by atoms with Crippen molar-refractivity contribution in [3.63, 3.8) is 0 Å². The van der Waals surface area contributed by atoms with Gasteiger partial charge in [-0.15, -0.1) is 16.3 Å². The van der Waals surface area contributed by atoms with Crippen molar-refractivity contribution >= 4 is 28.9 Å². The Balaban J connectivity index is 1.44. The van der Waals surface area contributed by atoms with E-state index in [9.17, 15) is 10.1 Å². The zero-order valence-electron chi connectivity index (χ0n) is 20.4. The molecule has 1 aliphatic heterocycles. The molecule has 0 aliphatic carbocycles. The molecular weight excluding hydrogens is 480 g/mol. The van der Waals surface area contributed by atoms with Gasteiger partial charge in [-0.2, -0.15) is 5.26 Å². The molecule has 1 unspecified atom stereocenters. The molecule has 3 heterocycles. The van der Waals surface area contributed by atoms with Crippen LogP contribution in [0.5, 0.6) is 0 Å². The van der Waals surface area contributed by atoms with Gasteiger partial charge >= 0.3 is 0 Å². The van der Waals surface area contributed by atoms with Crippen molar-refractivity contribution in [2.75, 3.05) is 25.0 Å². The van der Waals surface area contributed by atoms with Crippen LogP contribution in [0.2, 0.25) is 0 Å². The van der Waals surface area contributed by atoms with E-state index >= 15 is 0 Å². The lowest BCUT2D eigenvalue weighted by molar-refractivity contribution is 0.0550. The molecule has 1 N–H and O–H groups in total. The van der Waals surface area contributed by atoms with Gasteiger partial charge in [-0.05, 0) is 41.6 Å². The third-order valence-corrected chi connectivity index (χ3v) is 7.38. The van der Waals surface area contributed by atoms with Gasteiger partial charge < -0.3 is 15.1 Å². The van der Waals surface area contributed by atoms with Crippen LogP contribution in [0.15, 0.2) is 95.6 Å². The number of piperazine rings is 1. The molecule has 7 nitrogen and oxygen atoms in total. The Morgan fingerprint density at radius 3 is 2.65 bits per heavy atom. The van der Waals surface area contributed by atoms with Crippen molar-refractivity contribution in [3.8, 4) is 16.6 Å². The molecule has 0 bridgehead atoms. The van der Waals surface area contributed by atoms with E-state index in [4.69, 9.17) is 0 Å². The van der Waals surface area contributed by atoms with Crippen LogP contribution in [0.25, 0.3) is 10.4 Å². The number of carbonyl (C=O) groups is 1. The number of nitrogens with zero attached hydrogens (tertiary/aromatic N) is 5. The largest absolute Gasteiger partial charge is 0.338 e. The third kappa shape index (κ3) is 5.37. The first-order chi connectivity index (χ1) is 18.1. The van der Waals surface area contributed by atoms with Crippen LogP contribution in [0.1, 0.15) is 27.5 Å². The summed E-state index contributed by atoms with van der Waals surface area (Å²) in [5.74, 6) is 0.413. The minimum Gasteiger partial charge on any atom is -0.338 e. The van der Waals surface area contributed by atoms with Crippen molar-refractivity contribution in [2.24, 2.45) is 4.99 Å². The van der Waals surface area contributed by atoms with Crippen LogP contribution in [0.4, 0.5) is 5.69 Å². The SMILES string of the molecule is Cc1ccccc1N/C(=N/C#N)N1CCN(C(=O)c2cncc(-c3cccs3)c2)C(c2ccccc2)C1. The van der Waals surface area contributed by atoms with E-state index in [1.807, 2.05) is 101 Å². The van der Waals surface area contributed by atoms with Crippen LogP contribution in [-0.2, 0) is 0 Å². The predicted octanol–water partition coefficient (Wildman–Crippen LogP) is 5.57. The lowest BCUT2D eigenvalue weighted by atomic mass is 10.0. The van der Waals surface area contributed by atoms with Gasteiger partial charge in [-0.1, -0.05) is 54.6 Å². The quantitative estimate of drug-likeness (QED) is 0.222. The normalized spacial score (nSPS) is 15.8. The van der Waals surface area contributed by atoms with Crippen LogP contribution in [0.3, 0.4) is 0 Å². The molecule has 0 radical (unpaired) electrons. The summed E-state index contributed by atoms with van der Waals surface area (Å²) in [7, 11) is 0. The lowest BCUT2D eigenvalue weighted by Crippen LogP contribution is -2.53. The number of pyridine rings is 1. The number of thiophene rings is 1. The fourth-order valence-electron chi connectivity index (χ4n) is 4.54. The van der Waals surface area contributed by atoms with E-state index in [1.165, 1.54) is 0 Å². The summed E-state index contributed by atoms with van der Waals surface area (Å²) in [6.45, 7) is 3.51. The minimum atomic E-state index is -0.226. The molecular formula is C29H26N6OS. The summed E-state index contributed by atoms with van der Waals surface area (Å²) >= 11 is 1.62. The van der Waals surface area contributed by atoms with Crippen molar-refractivity contribution in [3.05, 3.63) is 107 Å². The number of aliphatic imine (C=N–C) groups is 1. The number of rotatable bonds is 4. The fourth-order valence-corrected chi connectivity index (χ4v) is 5.25. The Hall–Kier alpha value is -4.48. The monoisotopic (exact) mass is 506 g/mol. The van der Waals surface area contributed by atoms with Crippen LogP contribution in [0, 0.1) is 18.4 Å². The number of aromatic nitrogens is 1. The average molecular weight is 507 g/mol. The lowest BCUT2D eigenvalue weighted by Gasteiger charge is -2.42. The molecule has 1 atom stereocenters. The minimum absolute atomic E-state index is 0.0648. The molecule has 4 aromatic rings. The number of benzene rings is 2. The molecule has 184 valence electrons. The summed E-state index contributed by atoms with van der Waals surface area (Å²) in [4.78, 5) is 27.3. The maximum Gasteiger partial charge on any atom is 0.256 e. The van der Waals surface area contributed by atoms with E-state index < -0.39 is 0 Å². The zero-order valence-corrected chi connectivity index (χ0v) is 21.2. The van der Waals surface area contributed by atoms with E-state index in [-0.39, 0.29) is 11.9 Å². The molecule has 1 aliphatic rings. The summed E-state index contributed by atoms with van der Waals surface area (Å²) in [6.07, 6.45) is 5.36. The number of hydrogen-bond acceptors (Lipinski definition) is 5. The van der Waals surface area contributed by atoms with E-state index in [0.29, 0.717) is 31.2 Å². The number of amides is 1. The van der Waals surface area contributed by atoms with Crippen LogP contribution < -0.4 is 5.32 Å². The summed E-state index contributed by atoms with van der Waals surface area (Å²) in [5, 5.41) is 14.8. The van der Waals surface area contributed by atoms with Crippen LogP contribution >= 0.6 is 11.3 Å². The van der Waals surface area contributed by atoms with Gasteiger partial charge in [0.2, 0.25) is 12.2 Å². The number of para-hydroxylation sites is 1. The standard InChI is InChI=1S/C29H26N6OS/c1-21-8-5-6-11-25(21)33-29(32-20-30)34-13-14-35(26(19-34)22-9-3-2-4-10-22)28(36)24-16-23(17-31-18-24)27-12-7-15-37-27/h2-12,15-18,26H,13-14,19H2,1H3,(H,32,33). The van der Waals surface area contributed by atoms with Gasteiger partial charge in [0, 0.05) is 48.2 Å². The van der Waals surface area contributed by atoms with Gasteiger partial charge in [-0.3, -0.25) is 9.78 Å². The highest BCUT2D eigenvalue weighted by Gasteiger charge is 2.34. The molecule has 1 saturated heterocycles. The summed E-state index contributed by atoms with van der Waals surface area (Å²) in [6, 6.07) is 23.6. The van der Waals surface area contributed by atoms with Gasteiger partial charge in [0.25, 0.3) is 5.91 Å². The number of nitrogens with one attached hydrogen (secondary N) is 1. The molecule has 37 heavy (non-hydrogen) atoms. The molecule has 0 saturated carbocycles. The Labute approximate surface area is 220 Å². The second-order valence-corrected chi connectivity index (χ2v) is 9.73. The first-order valence-electron chi connectivity index (χ1n) is 12.0. The smallest absolute Gasteiger partial charge is 0.256 e. The topological polar surface area (TPSA) is 84.6 Å².